The first-order chi connectivity index (χ1) is 11.7. The fourth-order valence-electron chi connectivity index (χ4n) is 2.43. The second-order valence-electron chi connectivity index (χ2n) is 5.51. The summed E-state index contributed by atoms with van der Waals surface area (Å²) in [7, 11) is 0. The average molecular weight is 340 g/mol. The van der Waals surface area contributed by atoms with Gasteiger partial charge in [-0.25, -0.2) is 9.78 Å². The van der Waals surface area contributed by atoms with E-state index in [1.54, 1.807) is 23.9 Å². The Morgan fingerprint density at radius 3 is 2.79 bits per heavy atom. The normalized spacial score (nSPS) is 11.9. The van der Waals surface area contributed by atoms with Crippen LogP contribution in [0, 0.1) is 0 Å². The number of amides is 2. The summed E-state index contributed by atoms with van der Waals surface area (Å²) in [6.07, 6.45) is 6.27. The SMILES string of the molecule is C[C@@H](NC(=O)NCCc1cccs1)c1ccc(-n2ccnc2)cc1. The fourth-order valence-corrected chi connectivity index (χ4v) is 3.14. The molecule has 0 spiro atoms. The van der Waals surface area contributed by atoms with Crippen LogP contribution in [0.5, 0.6) is 0 Å². The van der Waals surface area contributed by atoms with E-state index in [1.165, 1.54) is 4.88 Å². The first-order valence-electron chi connectivity index (χ1n) is 7.87. The van der Waals surface area contributed by atoms with Gasteiger partial charge in [0.2, 0.25) is 0 Å². The van der Waals surface area contributed by atoms with E-state index in [4.69, 9.17) is 0 Å². The Bertz CT molecular complexity index is 751. The van der Waals surface area contributed by atoms with Gasteiger partial charge in [0.05, 0.1) is 12.4 Å². The largest absolute Gasteiger partial charge is 0.338 e. The molecular formula is C18H20N4OS. The molecule has 6 heteroatoms. The molecule has 0 saturated heterocycles. The zero-order chi connectivity index (χ0) is 16.8. The van der Waals surface area contributed by atoms with Gasteiger partial charge in [-0.05, 0) is 42.5 Å². The number of thiophene rings is 1. The third-order valence-corrected chi connectivity index (χ3v) is 4.72. The molecule has 1 atom stereocenters. The lowest BCUT2D eigenvalue weighted by molar-refractivity contribution is 0.238. The molecule has 0 fully saturated rings. The van der Waals surface area contributed by atoms with Crippen LogP contribution in [0.15, 0.2) is 60.5 Å². The summed E-state index contributed by atoms with van der Waals surface area (Å²) in [6, 6.07) is 12.0. The maximum atomic E-state index is 12.0. The Hall–Kier alpha value is -2.60. The second-order valence-corrected chi connectivity index (χ2v) is 6.55. The van der Waals surface area contributed by atoms with Gasteiger partial charge in [0.15, 0.2) is 0 Å². The van der Waals surface area contributed by atoms with E-state index in [2.05, 4.69) is 21.7 Å². The molecule has 0 aliphatic carbocycles. The number of hydrogen-bond donors (Lipinski definition) is 2. The van der Waals surface area contributed by atoms with Gasteiger partial charge in [-0.15, -0.1) is 11.3 Å². The summed E-state index contributed by atoms with van der Waals surface area (Å²) in [6.45, 7) is 2.61. The molecule has 0 unspecified atom stereocenters. The Labute approximate surface area is 145 Å². The topological polar surface area (TPSA) is 59.0 Å². The molecule has 5 nitrogen and oxygen atoms in total. The highest BCUT2D eigenvalue weighted by Gasteiger charge is 2.09. The maximum absolute atomic E-state index is 12.0. The lowest BCUT2D eigenvalue weighted by Crippen LogP contribution is -2.37. The van der Waals surface area contributed by atoms with Crippen molar-refractivity contribution in [1.82, 2.24) is 20.2 Å². The molecule has 2 N–H and O–H groups in total. The molecule has 0 radical (unpaired) electrons. The summed E-state index contributed by atoms with van der Waals surface area (Å²) in [5.41, 5.74) is 2.11. The van der Waals surface area contributed by atoms with Crippen molar-refractivity contribution in [2.45, 2.75) is 19.4 Å². The van der Waals surface area contributed by atoms with Gasteiger partial charge in [0, 0.05) is 29.5 Å². The molecule has 2 heterocycles. The molecule has 2 aromatic heterocycles. The van der Waals surface area contributed by atoms with Crippen molar-refractivity contribution in [1.29, 1.82) is 0 Å². The van der Waals surface area contributed by atoms with E-state index >= 15 is 0 Å². The number of rotatable bonds is 6. The van der Waals surface area contributed by atoms with E-state index < -0.39 is 0 Å². The Kier molecular flexibility index (Phi) is 5.28. The first kappa shape index (κ1) is 16.3. The summed E-state index contributed by atoms with van der Waals surface area (Å²) in [5, 5.41) is 7.91. The monoisotopic (exact) mass is 340 g/mol. The van der Waals surface area contributed by atoms with E-state index in [0.29, 0.717) is 6.54 Å². The van der Waals surface area contributed by atoms with Crippen molar-refractivity contribution < 1.29 is 4.79 Å². The van der Waals surface area contributed by atoms with Crippen LogP contribution >= 0.6 is 11.3 Å². The van der Waals surface area contributed by atoms with E-state index in [0.717, 1.165) is 17.7 Å². The predicted molar refractivity (Wildman–Crippen MR) is 96.5 cm³/mol. The molecule has 0 aliphatic heterocycles. The maximum Gasteiger partial charge on any atom is 0.315 e. The van der Waals surface area contributed by atoms with Crippen molar-refractivity contribution in [2.24, 2.45) is 0 Å². The van der Waals surface area contributed by atoms with Crippen molar-refractivity contribution in [3.8, 4) is 5.69 Å². The van der Waals surface area contributed by atoms with Gasteiger partial charge in [-0.2, -0.15) is 0 Å². The van der Waals surface area contributed by atoms with Crippen LogP contribution in [-0.2, 0) is 6.42 Å². The molecule has 0 aliphatic rings. The van der Waals surface area contributed by atoms with Crippen LogP contribution in [0.4, 0.5) is 4.79 Å². The number of aromatic nitrogens is 2. The van der Waals surface area contributed by atoms with Crippen LogP contribution in [0.25, 0.3) is 5.69 Å². The van der Waals surface area contributed by atoms with E-state index in [1.807, 2.05) is 53.4 Å². The first-order valence-corrected chi connectivity index (χ1v) is 8.75. The lowest BCUT2D eigenvalue weighted by Gasteiger charge is -2.15. The number of carbonyl (C=O) groups is 1. The number of hydrogen-bond acceptors (Lipinski definition) is 3. The van der Waals surface area contributed by atoms with Crippen LogP contribution < -0.4 is 10.6 Å². The van der Waals surface area contributed by atoms with Gasteiger partial charge in [-0.3, -0.25) is 0 Å². The standard InChI is InChI=1S/C18H20N4OS/c1-14(21-18(23)20-9-8-17-3-2-12-24-17)15-4-6-16(7-5-15)22-11-10-19-13-22/h2-7,10-14H,8-9H2,1H3,(H2,20,21,23)/t14-/m1/s1. The highest BCUT2D eigenvalue weighted by atomic mass is 32.1. The Balaban J connectivity index is 1.48. The number of urea groups is 1. The summed E-state index contributed by atoms with van der Waals surface area (Å²) < 4.78 is 1.94. The zero-order valence-electron chi connectivity index (χ0n) is 13.5. The lowest BCUT2D eigenvalue weighted by atomic mass is 10.1. The quantitative estimate of drug-likeness (QED) is 0.721. The van der Waals surface area contributed by atoms with E-state index in [-0.39, 0.29) is 12.1 Å². The molecule has 24 heavy (non-hydrogen) atoms. The minimum Gasteiger partial charge on any atom is -0.338 e. The summed E-state index contributed by atoms with van der Waals surface area (Å²) >= 11 is 1.71. The third kappa shape index (κ3) is 4.23. The number of benzene rings is 1. The molecular weight excluding hydrogens is 320 g/mol. The number of nitrogens with zero attached hydrogens (tertiary/aromatic N) is 2. The molecule has 124 valence electrons. The molecule has 3 aromatic rings. The van der Waals surface area contributed by atoms with Crippen LogP contribution in [0.2, 0.25) is 0 Å². The zero-order valence-corrected chi connectivity index (χ0v) is 14.3. The van der Waals surface area contributed by atoms with Gasteiger partial charge < -0.3 is 15.2 Å². The fraction of sp³-hybridized carbons (Fsp3) is 0.222. The molecule has 0 saturated carbocycles. The number of carbonyl (C=O) groups excluding carboxylic acids is 1. The highest BCUT2D eigenvalue weighted by molar-refractivity contribution is 7.09. The highest BCUT2D eigenvalue weighted by Crippen LogP contribution is 2.15. The van der Waals surface area contributed by atoms with Crippen LogP contribution in [0.3, 0.4) is 0 Å². The molecule has 0 bridgehead atoms. The van der Waals surface area contributed by atoms with Crippen molar-refractivity contribution >= 4 is 17.4 Å². The van der Waals surface area contributed by atoms with Gasteiger partial charge in [0.25, 0.3) is 0 Å². The van der Waals surface area contributed by atoms with E-state index in [9.17, 15) is 4.79 Å². The van der Waals surface area contributed by atoms with Crippen molar-refractivity contribution in [3.63, 3.8) is 0 Å². The minimum atomic E-state index is -0.141. The van der Waals surface area contributed by atoms with Gasteiger partial charge >= 0.3 is 6.03 Å². The molecule has 2 amide bonds. The third-order valence-electron chi connectivity index (χ3n) is 3.78. The average Bonchev–Trinajstić information content (AvgIpc) is 3.29. The Morgan fingerprint density at radius 1 is 1.29 bits per heavy atom. The van der Waals surface area contributed by atoms with Gasteiger partial charge in [0.1, 0.15) is 0 Å². The summed E-state index contributed by atoms with van der Waals surface area (Å²) in [4.78, 5) is 17.3. The predicted octanol–water partition coefficient (Wildman–Crippen LogP) is 3.54. The molecule has 3 rings (SSSR count). The van der Waals surface area contributed by atoms with Crippen LogP contribution in [-0.4, -0.2) is 22.1 Å². The smallest absolute Gasteiger partial charge is 0.315 e. The van der Waals surface area contributed by atoms with Gasteiger partial charge in [-0.1, -0.05) is 18.2 Å². The minimum absolute atomic E-state index is 0.0522. The van der Waals surface area contributed by atoms with Crippen LogP contribution in [0.1, 0.15) is 23.4 Å². The van der Waals surface area contributed by atoms with Crippen molar-refractivity contribution in [3.05, 3.63) is 70.9 Å². The van der Waals surface area contributed by atoms with Crippen molar-refractivity contribution in [2.75, 3.05) is 6.54 Å². The second kappa shape index (κ2) is 7.79. The Morgan fingerprint density at radius 2 is 2.12 bits per heavy atom. The number of imidazole rings is 1. The summed E-state index contributed by atoms with van der Waals surface area (Å²) in [5.74, 6) is 0. The molecule has 1 aromatic carbocycles. The number of nitrogens with one attached hydrogen (secondary N) is 2.